The van der Waals surface area contributed by atoms with Gasteiger partial charge in [-0.15, -0.1) is 0 Å². The topological polar surface area (TPSA) is 110 Å². The van der Waals surface area contributed by atoms with Crippen LogP contribution in [0.1, 0.15) is 43.1 Å². The summed E-state index contributed by atoms with van der Waals surface area (Å²) in [5, 5.41) is 18.5. The van der Waals surface area contributed by atoms with Crippen LogP contribution in [0.25, 0.3) is 0 Å². The first-order chi connectivity index (χ1) is 10.7. The molecule has 1 aromatic rings. The molecule has 0 radical (unpaired) electrons. The summed E-state index contributed by atoms with van der Waals surface area (Å²) in [7, 11) is 0. The Morgan fingerprint density at radius 1 is 1.04 bits per heavy atom. The Bertz CT molecular complexity index is 541. The van der Waals surface area contributed by atoms with Crippen LogP contribution in [0.3, 0.4) is 0 Å². The SMILES string of the molecule is CCOC(=O)CC(C)=O.CCOC(=O)c1c(C)cc(O)cc1O. The predicted octanol–water partition coefficient (Wildman–Crippen LogP) is 2.11. The Labute approximate surface area is 134 Å². The number of rotatable bonds is 5. The van der Waals surface area contributed by atoms with Crippen molar-refractivity contribution in [1.82, 2.24) is 0 Å². The molecule has 23 heavy (non-hydrogen) atoms. The highest BCUT2D eigenvalue weighted by Gasteiger charge is 2.16. The van der Waals surface area contributed by atoms with Crippen LogP contribution in [-0.4, -0.2) is 41.1 Å². The number of hydrogen-bond acceptors (Lipinski definition) is 7. The Morgan fingerprint density at radius 3 is 2.04 bits per heavy atom. The molecule has 0 aliphatic rings. The lowest BCUT2D eigenvalue weighted by Crippen LogP contribution is -2.07. The predicted molar refractivity (Wildman–Crippen MR) is 82.4 cm³/mol. The Balaban J connectivity index is 0.000000468. The van der Waals surface area contributed by atoms with Gasteiger partial charge in [0.25, 0.3) is 0 Å². The van der Waals surface area contributed by atoms with Crippen LogP contribution >= 0.6 is 0 Å². The second-order valence-corrected chi connectivity index (χ2v) is 4.56. The molecular formula is C16H22O7. The molecule has 0 aliphatic carbocycles. The second-order valence-electron chi connectivity index (χ2n) is 4.56. The van der Waals surface area contributed by atoms with Crippen LogP contribution in [0.2, 0.25) is 0 Å². The van der Waals surface area contributed by atoms with Crippen LogP contribution in [0.15, 0.2) is 12.1 Å². The van der Waals surface area contributed by atoms with Crippen molar-refractivity contribution in [3.63, 3.8) is 0 Å². The summed E-state index contributed by atoms with van der Waals surface area (Å²) in [5.74, 6) is -1.52. The molecule has 0 saturated heterocycles. The maximum absolute atomic E-state index is 11.3. The highest BCUT2D eigenvalue weighted by atomic mass is 16.5. The quantitative estimate of drug-likeness (QED) is 0.630. The Morgan fingerprint density at radius 2 is 1.61 bits per heavy atom. The maximum atomic E-state index is 11.3. The molecule has 0 aromatic heterocycles. The van der Waals surface area contributed by atoms with E-state index in [1.165, 1.54) is 13.0 Å². The molecule has 0 atom stereocenters. The van der Waals surface area contributed by atoms with E-state index < -0.39 is 11.9 Å². The largest absolute Gasteiger partial charge is 0.508 e. The van der Waals surface area contributed by atoms with Gasteiger partial charge in [0.05, 0.1) is 13.2 Å². The molecule has 0 bridgehead atoms. The van der Waals surface area contributed by atoms with Crippen LogP contribution in [0.5, 0.6) is 11.5 Å². The van der Waals surface area contributed by atoms with Crippen molar-refractivity contribution in [1.29, 1.82) is 0 Å². The van der Waals surface area contributed by atoms with E-state index in [2.05, 4.69) is 4.74 Å². The molecule has 1 rings (SSSR count). The van der Waals surface area contributed by atoms with Gasteiger partial charge in [-0.25, -0.2) is 4.79 Å². The van der Waals surface area contributed by atoms with E-state index in [4.69, 9.17) is 9.84 Å². The molecule has 0 spiro atoms. The summed E-state index contributed by atoms with van der Waals surface area (Å²) < 4.78 is 9.24. The first-order valence-corrected chi connectivity index (χ1v) is 7.07. The summed E-state index contributed by atoms with van der Waals surface area (Å²) in [4.78, 5) is 32.0. The fraction of sp³-hybridized carbons (Fsp3) is 0.438. The molecule has 2 N–H and O–H groups in total. The van der Waals surface area contributed by atoms with Crippen molar-refractivity contribution in [2.45, 2.75) is 34.1 Å². The van der Waals surface area contributed by atoms with Gasteiger partial charge < -0.3 is 19.7 Å². The van der Waals surface area contributed by atoms with Gasteiger partial charge in [-0.2, -0.15) is 0 Å². The van der Waals surface area contributed by atoms with Crippen molar-refractivity contribution in [3.8, 4) is 11.5 Å². The van der Waals surface area contributed by atoms with Crippen LogP contribution < -0.4 is 0 Å². The van der Waals surface area contributed by atoms with Gasteiger partial charge in [0.15, 0.2) is 0 Å². The molecule has 7 nitrogen and oxygen atoms in total. The van der Waals surface area contributed by atoms with Crippen molar-refractivity contribution in [2.75, 3.05) is 13.2 Å². The van der Waals surface area contributed by atoms with E-state index in [1.54, 1.807) is 20.8 Å². The number of ether oxygens (including phenoxy) is 2. The summed E-state index contributed by atoms with van der Waals surface area (Å²) >= 11 is 0. The molecule has 0 saturated carbocycles. The van der Waals surface area contributed by atoms with Gasteiger partial charge in [-0.1, -0.05) is 0 Å². The minimum Gasteiger partial charge on any atom is -0.508 e. The highest BCUT2D eigenvalue weighted by molar-refractivity contribution is 5.94. The lowest BCUT2D eigenvalue weighted by atomic mass is 10.1. The van der Waals surface area contributed by atoms with E-state index in [1.807, 2.05) is 0 Å². The third-order valence-electron chi connectivity index (χ3n) is 2.48. The lowest BCUT2D eigenvalue weighted by Gasteiger charge is -2.07. The van der Waals surface area contributed by atoms with Gasteiger partial charge in [-0.05, 0) is 39.3 Å². The smallest absolute Gasteiger partial charge is 0.342 e. The van der Waals surface area contributed by atoms with Crippen molar-refractivity contribution < 1.29 is 34.1 Å². The summed E-state index contributed by atoms with van der Waals surface area (Å²) in [6.45, 7) is 6.95. The molecule has 128 valence electrons. The lowest BCUT2D eigenvalue weighted by molar-refractivity contribution is -0.145. The van der Waals surface area contributed by atoms with Gasteiger partial charge in [0.2, 0.25) is 0 Å². The minimum atomic E-state index is -0.581. The minimum absolute atomic E-state index is 0.0759. The monoisotopic (exact) mass is 326 g/mol. The number of benzene rings is 1. The standard InChI is InChI=1S/C10H12O4.C6H10O3/c1-3-14-10(13)9-6(2)4-7(11)5-8(9)12;1-3-9-6(8)4-5(2)7/h4-5,11-12H,3H2,1-2H3;3-4H2,1-2H3. The van der Waals surface area contributed by atoms with Crippen molar-refractivity contribution in [3.05, 3.63) is 23.3 Å². The molecule has 0 amide bonds. The van der Waals surface area contributed by atoms with Crippen LogP contribution in [0, 0.1) is 6.92 Å². The van der Waals surface area contributed by atoms with Gasteiger partial charge >= 0.3 is 11.9 Å². The average molecular weight is 326 g/mol. The van der Waals surface area contributed by atoms with Crippen molar-refractivity contribution >= 4 is 17.7 Å². The van der Waals surface area contributed by atoms with E-state index >= 15 is 0 Å². The average Bonchev–Trinajstić information content (AvgIpc) is 2.37. The Hall–Kier alpha value is -2.57. The summed E-state index contributed by atoms with van der Waals surface area (Å²) in [5.41, 5.74) is 0.589. The number of aryl methyl sites for hydroxylation is 1. The number of ketones is 1. The van der Waals surface area contributed by atoms with E-state index in [-0.39, 0.29) is 35.9 Å². The highest BCUT2D eigenvalue weighted by Crippen LogP contribution is 2.27. The number of aromatic hydroxyl groups is 2. The number of hydrogen-bond donors (Lipinski definition) is 2. The number of phenolic OH excluding ortho intramolecular Hbond substituents is 2. The molecule has 0 heterocycles. The molecule has 7 heteroatoms. The zero-order valence-electron chi connectivity index (χ0n) is 13.7. The van der Waals surface area contributed by atoms with E-state index in [9.17, 15) is 19.5 Å². The molecular weight excluding hydrogens is 304 g/mol. The normalized spacial score (nSPS) is 9.39. The number of Topliss-reactive ketones (excluding diaryl/α,β-unsaturated/α-hetero) is 1. The zero-order valence-corrected chi connectivity index (χ0v) is 13.7. The zero-order chi connectivity index (χ0) is 18.0. The fourth-order valence-electron chi connectivity index (χ4n) is 1.63. The number of carbonyl (C=O) groups excluding carboxylic acids is 3. The van der Waals surface area contributed by atoms with Gasteiger partial charge in [0.1, 0.15) is 29.3 Å². The molecule has 0 aliphatic heterocycles. The fourth-order valence-corrected chi connectivity index (χ4v) is 1.63. The van der Waals surface area contributed by atoms with Gasteiger partial charge in [0, 0.05) is 6.07 Å². The molecule has 0 unspecified atom stereocenters. The van der Waals surface area contributed by atoms with E-state index in [0.717, 1.165) is 6.07 Å². The van der Waals surface area contributed by atoms with Crippen molar-refractivity contribution in [2.24, 2.45) is 0 Å². The molecule has 0 fully saturated rings. The third-order valence-corrected chi connectivity index (χ3v) is 2.48. The van der Waals surface area contributed by atoms with Gasteiger partial charge in [-0.3, -0.25) is 9.59 Å². The summed E-state index contributed by atoms with van der Waals surface area (Å²) in [6.07, 6.45) is -0.103. The first-order valence-electron chi connectivity index (χ1n) is 7.07. The first kappa shape index (κ1) is 20.4. The van der Waals surface area contributed by atoms with Crippen LogP contribution in [-0.2, 0) is 19.1 Å². The van der Waals surface area contributed by atoms with Crippen LogP contribution in [0.4, 0.5) is 0 Å². The number of carbonyl (C=O) groups is 3. The Kier molecular flexibility index (Phi) is 9.07. The van der Waals surface area contributed by atoms with E-state index in [0.29, 0.717) is 12.2 Å². The number of esters is 2. The third kappa shape index (κ3) is 7.85. The maximum Gasteiger partial charge on any atom is 0.342 e. The second kappa shape index (κ2) is 10.2. The number of phenols is 2. The molecule has 1 aromatic carbocycles. The summed E-state index contributed by atoms with van der Waals surface area (Å²) in [6, 6.07) is 2.51.